The first-order valence-corrected chi connectivity index (χ1v) is 8.59. The van der Waals surface area contributed by atoms with Crippen molar-refractivity contribution in [2.45, 2.75) is 6.42 Å². The number of carbonyl (C=O) groups excluding carboxylic acids is 2. The van der Waals surface area contributed by atoms with Crippen LogP contribution < -0.4 is 10.2 Å². The lowest BCUT2D eigenvalue weighted by Crippen LogP contribution is -2.45. The summed E-state index contributed by atoms with van der Waals surface area (Å²) in [5.41, 5.74) is 2.27. The lowest BCUT2D eigenvalue weighted by molar-refractivity contribution is -0.118. The average molecular weight is 356 g/mol. The molecule has 0 atom stereocenters. The van der Waals surface area contributed by atoms with E-state index in [1.165, 1.54) is 12.1 Å². The van der Waals surface area contributed by atoms with Crippen LogP contribution in [0.4, 0.5) is 10.1 Å². The van der Waals surface area contributed by atoms with Crippen molar-refractivity contribution in [1.29, 1.82) is 0 Å². The van der Waals surface area contributed by atoms with Gasteiger partial charge in [-0.15, -0.1) is 0 Å². The second kappa shape index (κ2) is 8.42. The molecular formula is C19H21FN4O2. The number of benzene rings is 1. The molecule has 1 fully saturated rings. The van der Waals surface area contributed by atoms with E-state index >= 15 is 0 Å². The number of nitrogens with one attached hydrogen (secondary N) is 1. The van der Waals surface area contributed by atoms with Crippen LogP contribution >= 0.6 is 0 Å². The van der Waals surface area contributed by atoms with Crippen molar-refractivity contribution in [1.82, 2.24) is 15.2 Å². The molecule has 0 bridgehead atoms. The van der Waals surface area contributed by atoms with E-state index in [0.29, 0.717) is 31.7 Å². The van der Waals surface area contributed by atoms with Gasteiger partial charge in [0.15, 0.2) is 0 Å². The first-order valence-electron chi connectivity index (χ1n) is 8.59. The summed E-state index contributed by atoms with van der Waals surface area (Å²) in [7, 11) is 0. The number of anilines is 1. The molecule has 6 nitrogen and oxygen atoms in total. The summed E-state index contributed by atoms with van der Waals surface area (Å²) in [5.74, 6) is -0.501. The van der Waals surface area contributed by atoms with Gasteiger partial charge in [0.05, 0.1) is 11.9 Å². The van der Waals surface area contributed by atoms with Crippen LogP contribution in [0.2, 0.25) is 0 Å². The lowest BCUT2D eigenvalue weighted by Gasteiger charge is -2.33. The Kier molecular flexibility index (Phi) is 5.78. The first kappa shape index (κ1) is 17.8. The van der Waals surface area contributed by atoms with Crippen LogP contribution in [-0.4, -0.2) is 54.9 Å². The van der Waals surface area contributed by atoms with Crippen molar-refractivity contribution < 1.29 is 14.0 Å². The van der Waals surface area contributed by atoms with Crippen molar-refractivity contribution in [2.24, 2.45) is 0 Å². The molecule has 2 aromatic rings. The summed E-state index contributed by atoms with van der Waals surface area (Å²) in [5, 5.41) is 2.82. The molecule has 2 amide bonds. The first-order chi connectivity index (χ1) is 12.7. The number of nitrogens with zero attached hydrogens (tertiary/aromatic N) is 3. The maximum Gasteiger partial charge on any atom is 0.269 e. The van der Waals surface area contributed by atoms with Crippen LogP contribution in [0, 0.1) is 5.82 Å². The fraction of sp³-hybridized carbons (Fsp3) is 0.316. The van der Waals surface area contributed by atoms with Crippen molar-refractivity contribution in [3.63, 3.8) is 0 Å². The molecule has 136 valence electrons. The smallest absolute Gasteiger partial charge is 0.269 e. The van der Waals surface area contributed by atoms with Gasteiger partial charge < -0.3 is 15.1 Å². The molecule has 0 saturated carbocycles. The summed E-state index contributed by atoms with van der Waals surface area (Å²) >= 11 is 0. The number of rotatable bonds is 6. The van der Waals surface area contributed by atoms with Crippen LogP contribution in [0.25, 0.3) is 0 Å². The zero-order valence-corrected chi connectivity index (χ0v) is 14.4. The molecule has 1 N–H and O–H groups in total. The van der Waals surface area contributed by atoms with E-state index in [4.69, 9.17) is 0 Å². The highest BCUT2D eigenvalue weighted by molar-refractivity contribution is 5.92. The fourth-order valence-corrected chi connectivity index (χ4v) is 2.85. The highest BCUT2D eigenvalue weighted by Gasteiger charge is 2.16. The molecule has 3 rings (SSSR count). The van der Waals surface area contributed by atoms with E-state index in [0.717, 1.165) is 30.8 Å². The molecule has 0 aliphatic carbocycles. The van der Waals surface area contributed by atoms with Gasteiger partial charge in [0, 0.05) is 32.7 Å². The van der Waals surface area contributed by atoms with Gasteiger partial charge in [-0.05, 0) is 36.2 Å². The number of hydrogen-bond donors (Lipinski definition) is 1. The van der Waals surface area contributed by atoms with Gasteiger partial charge in [0.1, 0.15) is 11.5 Å². The van der Waals surface area contributed by atoms with Gasteiger partial charge in [-0.2, -0.15) is 0 Å². The van der Waals surface area contributed by atoms with Crippen molar-refractivity contribution in [3.05, 3.63) is 59.7 Å². The van der Waals surface area contributed by atoms with E-state index in [1.807, 2.05) is 6.07 Å². The number of carbonyl (C=O) groups is 2. The third-order valence-corrected chi connectivity index (χ3v) is 4.42. The molecule has 1 aromatic heterocycles. The Morgan fingerprint density at radius 2 is 1.85 bits per heavy atom. The quantitative estimate of drug-likeness (QED) is 0.796. The number of pyridine rings is 1. The number of aromatic nitrogens is 1. The van der Waals surface area contributed by atoms with Gasteiger partial charge in [-0.25, -0.2) is 9.37 Å². The third kappa shape index (κ3) is 4.56. The Hall–Kier alpha value is -2.96. The largest absolute Gasteiger partial charge is 0.367 e. The number of amides is 2. The minimum absolute atomic E-state index is 0.232. The third-order valence-electron chi connectivity index (χ3n) is 4.42. The Morgan fingerprint density at radius 1 is 1.12 bits per heavy atom. The summed E-state index contributed by atoms with van der Waals surface area (Å²) in [6.07, 6.45) is 3.19. The number of halogens is 1. The minimum atomic E-state index is -0.269. The van der Waals surface area contributed by atoms with Gasteiger partial charge >= 0.3 is 0 Å². The molecule has 1 aliphatic rings. The average Bonchev–Trinajstić information content (AvgIpc) is 2.69. The van der Waals surface area contributed by atoms with Crippen LogP contribution in [0.15, 0.2) is 42.6 Å². The van der Waals surface area contributed by atoms with Gasteiger partial charge in [0.25, 0.3) is 5.91 Å². The van der Waals surface area contributed by atoms with Gasteiger partial charge in [0.2, 0.25) is 6.41 Å². The summed E-state index contributed by atoms with van der Waals surface area (Å²) in [6.45, 7) is 3.35. The Bertz CT molecular complexity index is 741. The SMILES string of the molecule is O=CN1CCN(c2ccc(C(=O)NCCc3ccc(F)cc3)nc2)CC1. The standard InChI is InChI=1S/C19H21FN4O2/c20-16-3-1-15(2-4-16)7-8-21-19(26)18-6-5-17(13-22-18)24-11-9-23(14-25)10-12-24/h1-6,13-14H,7-12H2,(H,21,26). The van der Waals surface area contributed by atoms with Crippen molar-refractivity contribution in [2.75, 3.05) is 37.6 Å². The maximum absolute atomic E-state index is 12.9. The highest BCUT2D eigenvalue weighted by Crippen LogP contribution is 2.15. The zero-order chi connectivity index (χ0) is 18.4. The minimum Gasteiger partial charge on any atom is -0.367 e. The molecular weight excluding hydrogens is 335 g/mol. The Balaban J connectivity index is 1.49. The second-order valence-electron chi connectivity index (χ2n) is 6.16. The van der Waals surface area contributed by atoms with Crippen LogP contribution in [-0.2, 0) is 11.2 Å². The molecule has 26 heavy (non-hydrogen) atoms. The van der Waals surface area contributed by atoms with Crippen molar-refractivity contribution in [3.8, 4) is 0 Å². The van der Waals surface area contributed by atoms with Crippen molar-refractivity contribution >= 4 is 18.0 Å². The zero-order valence-electron chi connectivity index (χ0n) is 14.4. The Labute approximate surface area is 151 Å². The molecule has 7 heteroatoms. The Morgan fingerprint density at radius 3 is 2.46 bits per heavy atom. The van der Waals surface area contributed by atoms with E-state index in [2.05, 4.69) is 15.2 Å². The molecule has 1 aliphatic heterocycles. The maximum atomic E-state index is 12.9. The predicted octanol–water partition coefficient (Wildman–Crippen LogP) is 1.47. The second-order valence-corrected chi connectivity index (χ2v) is 6.16. The summed E-state index contributed by atoms with van der Waals surface area (Å²) < 4.78 is 12.9. The normalized spacial score (nSPS) is 14.2. The molecule has 2 heterocycles. The molecule has 0 spiro atoms. The van der Waals surface area contributed by atoms with E-state index in [-0.39, 0.29) is 11.7 Å². The topological polar surface area (TPSA) is 65.5 Å². The van der Waals surface area contributed by atoms with Crippen LogP contribution in [0.5, 0.6) is 0 Å². The van der Waals surface area contributed by atoms with Crippen LogP contribution in [0.1, 0.15) is 16.1 Å². The molecule has 1 aromatic carbocycles. The van der Waals surface area contributed by atoms with Crippen LogP contribution in [0.3, 0.4) is 0 Å². The number of hydrogen-bond acceptors (Lipinski definition) is 4. The predicted molar refractivity (Wildman–Crippen MR) is 96.5 cm³/mol. The molecule has 1 saturated heterocycles. The van der Waals surface area contributed by atoms with Gasteiger partial charge in [-0.1, -0.05) is 12.1 Å². The molecule has 0 radical (unpaired) electrons. The summed E-state index contributed by atoms with van der Waals surface area (Å²) in [4.78, 5) is 31.0. The number of piperazine rings is 1. The lowest BCUT2D eigenvalue weighted by atomic mass is 10.1. The van der Waals surface area contributed by atoms with Gasteiger partial charge in [-0.3, -0.25) is 9.59 Å². The molecule has 0 unspecified atom stereocenters. The summed E-state index contributed by atoms with van der Waals surface area (Å²) in [6, 6.07) is 9.81. The highest BCUT2D eigenvalue weighted by atomic mass is 19.1. The van der Waals surface area contributed by atoms with E-state index in [1.54, 1.807) is 29.3 Å². The van der Waals surface area contributed by atoms with E-state index in [9.17, 15) is 14.0 Å². The fourth-order valence-electron chi connectivity index (χ4n) is 2.85. The van der Waals surface area contributed by atoms with E-state index < -0.39 is 0 Å². The monoisotopic (exact) mass is 356 g/mol.